The van der Waals surface area contributed by atoms with Gasteiger partial charge in [0, 0.05) is 11.7 Å². The quantitative estimate of drug-likeness (QED) is 0.779. The first-order chi connectivity index (χ1) is 8.35. The maximum atomic E-state index is 3.75. The van der Waals surface area contributed by atoms with Crippen molar-refractivity contribution in [2.75, 3.05) is 5.32 Å². The Morgan fingerprint density at radius 3 is 2.28 bits per heavy atom. The molecule has 1 aromatic carbocycles. The van der Waals surface area contributed by atoms with E-state index in [1.807, 2.05) is 0 Å². The van der Waals surface area contributed by atoms with Crippen molar-refractivity contribution in [3.05, 3.63) is 29.3 Å². The molecule has 1 fully saturated rings. The number of hydrogen-bond donors (Lipinski definition) is 1. The van der Waals surface area contributed by atoms with Gasteiger partial charge in [0.05, 0.1) is 0 Å². The maximum absolute atomic E-state index is 3.75. The van der Waals surface area contributed by atoms with Crippen LogP contribution in [0.5, 0.6) is 0 Å². The lowest BCUT2D eigenvalue weighted by Crippen LogP contribution is -2.36. The molecule has 0 amide bonds. The minimum absolute atomic E-state index is 0.528. The number of anilines is 1. The van der Waals surface area contributed by atoms with Gasteiger partial charge in [-0.1, -0.05) is 26.8 Å². The summed E-state index contributed by atoms with van der Waals surface area (Å²) in [5, 5.41) is 3.75. The third-order valence-corrected chi connectivity index (χ3v) is 4.27. The van der Waals surface area contributed by atoms with E-state index in [4.69, 9.17) is 0 Å². The van der Waals surface area contributed by atoms with Crippen LogP contribution in [0, 0.1) is 25.2 Å². The lowest BCUT2D eigenvalue weighted by atomic mass is 9.70. The number of benzene rings is 1. The maximum Gasteiger partial charge on any atom is 0.0347 e. The summed E-state index contributed by atoms with van der Waals surface area (Å²) in [5.41, 5.74) is 4.52. The zero-order valence-corrected chi connectivity index (χ0v) is 12.5. The van der Waals surface area contributed by atoms with Crippen molar-refractivity contribution in [2.45, 2.75) is 59.9 Å². The van der Waals surface area contributed by atoms with Crippen LogP contribution in [0.25, 0.3) is 0 Å². The first-order valence-corrected chi connectivity index (χ1v) is 7.21. The molecule has 0 spiro atoms. The van der Waals surface area contributed by atoms with E-state index < -0.39 is 0 Å². The first kappa shape index (κ1) is 13.5. The average Bonchev–Trinajstić information content (AvgIpc) is 2.20. The van der Waals surface area contributed by atoms with E-state index in [0.29, 0.717) is 11.5 Å². The summed E-state index contributed by atoms with van der Waals surface area (Å²) in [6, 6.07) is 7.40. The van der Waals surface area contributed by atoms with Gasteiger partial charge in [-0.2, -0.15) is 0 Å². The van der Waals surface area contributed by atoms with Gasteiger partial charge in [0.15, 0.2) is 0 Å². The lowest BCUT2D eigenvalue weighted by molar-refractivity contribution is 0.177. The third-order valence-electron chi connectivity index (χ3n) is 4.27. The Morgan fingerprint density at radius 2 is 1.72 bits per heavy atom. The third kappa shape index (κ3) is 3.28. The molecule has 1 aliphatic rings. The molecule has 1 N–H and O–H groups in total. The standard InChI is InChI=1S/C17H27N/c1-12-8-13(2)10-15(9-12)18-16-6-7-17(4,5)11-14(16)3/h8-10,14,16,18H,6-7,11H2,1-5H3. The molecule has 2 unspecified atom stereocenters. The van der Waals surface area contributed by atoms with E-state index in [1.165, 1.54) is 36.1 Å². The van der Waals surface area contributed by atoms with Gasteiger partial charge in [-0.05, 0) is 67.7 Å². The molecule has 0 radical (unpaired) electrons. The minimum atomic E-state index is 0.528. The van der Waals surface area contributed by atoms with Gasteiger partial charge >= 0.3 is 0 Å². The fourth-order valence-electron chi connectivity index (χ4n) is 3.43. The molecule has 0 aliphatic heterocycles. The highest BCUT2D eigenvalue weighted by atomic mass is 14.9. The molecule has 0 heterocycles. The van der Waals surface area contributed by atoms with Gasteiger partial charge < -0.3 is 5.32 Å². The van der Waals surface area contributed by atoms with Crippen LogP contribution in [0.3, 0.4) is 0 Å². The SMILES string of the molecule is Cc1cc(C)cc(NC2CCC(C)(C)CC2C)c1. The van der Waals surface area contributed by atoms with Gasteiger partial charge in [0.1, 0.15) is 0 Å². The Morgan fingerprint density at radius 1 is 1.11 bits per heavy atom. The highest BCUT2D eigenvalue weighted by molar-refractivity contribution is 5.49. The Balaban J connectivity index is 2.05. The summed E-state index contributed by atoms with van der Waals surface area (Å²) in [5.74, 6) is 0.759. The average molecular weight is 245 g/mol. The van der Waals surface area contributed by atoms with Crippen LogP contribution in [0.1, 0.15) is 51.2 Å². The van der Waals surface area contributed by atoms with E-state index >= 15 is 0 Å². The fourth-order valence-corrected chi connectivity index (χ4v) is 3.43. The van der Waals surface area contributed by atoms with Crippen molar-refractivity contribution >= 4 is 5.69 Å². The van der Waals surface area contributed by atoms with Gasteiger partial charge in [0.2, 0.25) is 0 Å². The Bertz CT molecular complexity index is 399. The van der Waals surface area contributed by atoms with Crippen LogP contribution in [0.15, 0.2) is 18.2 Å². The summed E-state index contributed by atoms with van der Waals surface area (Å²) in [7, 11) is 0. The molecule has 1 nitrogen and oxygen atoms in total. The Hall–Kier alpha value is -0.980. The second-order valence-electron chi connectivity index (χ2n) is 7.01. The second-order valence-corrected chi connectivity index (χ2v) is 7.01. The lowest BCUT2D eigenvalue weighted by Gasteiger charge is -2.40. The van der Waals surface area contributed by atoms with Crippen molar-refractivity contribution < 1.29 is 0 Å². The van der Waals surface area contributed by atoms with Crippen molar-refractivity contribution in [2.24, 2.45) is 11.3 Å². The molecule has 1 saturated carbocycles. The molecular formula is C17H27N. The summed E-state index contributed by atoms with van der Waals surface area (Å²) in [6.45, 7) is 11.5. The first-order valence-electron chi connectivity index (χ1n) is 7.21. The predicted octanol–water partition coefficient (Wildman–Crippen LogP) is 4.93. The minimum Gasteiger partial charge on any atom is -0.382 e. The number of rotatable bonds is 2. The molecule has 0 saturated heterocycles. The van der Waals surface area contributed by atoms with E-state index in [9.17, 15) is 0 Å². The molecule has 2 atom stereocenters. The number of aryl methyl sites for hydroxylation is 2. The molecular weight excluding hydrogens is 218 g/mol. The summed E-state index contributed by atoms with van der Waals surface area (Å²) in [4.78, 5) is 0. The van der Waals surface area contributed by atoms with E-state index in [0.717, 1.165) is 5.92 Å². The van der Waals surface area contributed by atoms with Gasteiger partial charge in [-0.25, -0.2) is 0 Å². The molecule has 1 heteroatoms. The summed E-state index contributed by atoms with van der Waals surface area (Å²) in [6.07, 6.45) is 3.95. The second kappa shape index (κ2) is 4.95. The van der Waals surface area contributed by atoms with Gasteiger partial charge in [0.25, 0.3) is 0 Å². The zero-order valence-electron chi connectivity index (χ0n) is 12.5. The molecule has 2 rings (SSSR count). The van der Waals surface area contributed by atoms with Crippen LogP contribution in [-0.2, 0) is 0 Å². The summed E-state index contributed by atoms with van der Waals surface area (Å²) >= 11 is 0. The van der Waals surface area contributed by atoms with Crippen LogP contribution < -0.4 is 5.32 Å². The van der Waals surface area contributed by atoms with Crippen LogP contribution in [0.4, 0.5) is 5.69 Å². The number of hydrogen-bond acceptors (Lipinski definition) is 1. The van der Waals surface area contributed by atoms with Crippen LogP contribution in [0.2, 0.25) is 0 Å². The largest absolute Gasteiger partial charge is 0.382 e. The predicted molar refractivity (Wildman–Crippen MR) is 80.1 cm³/mol. The van der Waals surface area contributed by atoms with Crippen LogP contribution in [-0.4, -0.2) is 6.04 Å². The van der Waals surface area contributed by atoms with Crippen molar-refractivity contribution in [1.82, 2.24) is 0 Å². The molecule has 100 valence electrons. The zero-order chi connectivity index (χ0) is 13.3. The van der Waals surface area contributed by atoms with Crippen molar-refractivity contribution in [1.29, 1.82) is 0 Å². The monoisotopic (exact) mass is 245 g/mol. The van der Waals surface area contributed by atoms with Gasteiger partial charge in [-0.15, -0.1) is 0 Å². The fraction of sp³-hybridized carbons (Fsp3) is 0.647. The Kier molecular flexibility index (Phi) is 3.70. The van der Waals surface area contributed by atoms with Crippen molar-refractivity contribution in [3.8, 4) is 0 Å². The van der Waals surface area contributed by atoms with Gasteiger partial charge in [-0.3, -0.25) is 0 Å². The molecule has 0 bridgehead atoms. The van der Waals surface area contributed by atoms with E-state index in [-0.39, 0.29) is 0 Å². The van der Waals surface area contributed by atoms with Crippen molar-refractivity contribution in [3.63, 3.8) is 0 Å². The Labute approximate surface area is 112 Å². The summed E-state index contributed by atoms with van der Waals surface area (Å²) < 4.78 is 0. The molecule has 18 heavy (non-hydrogen) atoms. The highest BCUT2D eigenvalue weighted by Crippen LogP contribution is 2.39. The molecule has 0 aromatic heterocycles. The van der Waals surface area contributed by atoms with E-state index in [1.54, 1.807) is 0 Å². The number of nitrogens with one attached hydrogen (secondary N) is 1. The smallest absolute Gasteiger partial charge is 0.0347 e. The van der Waals surface area contributed by atoms with E-state index in [2.05, 4.69) is 58.1 Å². The molecule has 1 aliphatic carbocycles. The normalized spacial score (nSPS) is 26.9. The molecule has 1 aromatic rings. The highest BCUT2D eigenvalue weighted by Gasteiger charge is 2.32. The topological polar surface area (TPSA) is 12.0 Å². The van der Waals surface area contributed by atoms with Crippen LogP contribution >= 0.6 is 0 Å².